The molecule has 0 aliphatic rings. The molecule has 0 aromatic carbocycles. The van der Waals surface area contributed by atoms with Crippen molar-refractivity contribution in [2.45, 2.75) is 0 Å². The van der Waals surface area contributed by atoms with Gasteiger partial charge in [0.1, 0.15) is 0 Å². The first-order valence-corrected chi connectivity index (χ1v) is 22.0. The molecule has 0 saturated carbocycles. The van der Waals surface area contributed by atoms with Crippen LogP contribution in [0, 0.1) is 0 Å². The molecule has 36 heavy (non-hydrogen) atoms. The Hall–Kier alpha value is 5.93. The van der Waals surface area contributed by atoms with Gasteiger partial charge in [-0.05, 0) is 0 Å². The van der Waals surface area contributed by atoms with E-state index in [1.165, 1.54) is 0 Å². The van der Waals surface area contributed by atoms with Crippen molar-refractivity contribution in [1.29, 1.82) is 0 Å². The number of rotatable bonds is 0. The van der Waals surface area contributed by atoms with Crippen LogP contribution in [0.2, 0.25) is 0 Å². The van der Waals surface area contributed by atoms with Gasteiger partial charge in [0.15, 0.2) is 0 Å². The zero-order chi connectivity index (χ0) is 21.5. The standard InChI is InChI=1S/6FH.6Fe.18O.6Sb/h6*1H;;;;;;;;;;;;;;;;;;;;;;;;;;;;;;/q;;;;;;6*+2;;;;;;;12*-1;;;;;;. The van der Waals surface area contributed by atoms with Gasteiger partial charge in [-0.1, -0.05) is 0 Å². The Morgan fingerprint density at radius 2 is 0.222 bits per heavy atom. The van der Waals surface area contributed by atoms with E-state index < -0.39 is 126 Å². The summed E-state index contributed by atoms with van der Waals surface area (Å²) in [6, 6.07) is 0. The van der Waals surface area contributed by atoms with Crippen LogP contribution in [0.1, 0.15) is 0 Å². The van der Waals surface area contributed by atoms with Crippen LogP contribution < -0.4 is 40.6 Å². The summed E-state index contributed by atoms with van der Waals surface area (Å²) in [5.74, 6) is 0. The molecule has 0 rings (SSSR count). The van der Waals surface area contributed by atoms with Crippen LogP contribution in [0.4, 0.5) is 28.2 Å². The molecule has 0 amide bonds. The van der Waals surface area contributed by atoms with Gasteiger partial charge in [-0.2, -0.15) is 0 Å². The monoisotopic (exact) mass is 1470 g/mol. The fourth-order valence-corrected chi connectivity index (χ4v) is 0. The average molecular weight is 1470 g/mol. The summed E-state index contributed by atoms with van der Waals surface area (Å²) in [7, 11) is 0. The first kappa shape index (κ1) is 123. The molecule has 0 atom stereocenters. The molecule has 0 aromatic heterocycles. The summed E-state index contributed by atoms with van der Waals surface area (Å²) < 4.78 is 155. The van der Waals surface area contributed by atoms with Crippen molar-refractivity contribution in [2.24, 2.45) is 0 Å². The van der Waals surface area contributed by atoms with Crippen LogP contribution in [0.25, 0.3) is 0 Å². The summed E-state index contributed by atoms with van der Waals surface area (Å²) in [5, 5.41) is 0. The van der Waals surface area contributed by atoms with Gasteiger partial charge in [-0.3, -0.25) is 28.2 Å². The van der Waals surface area contributed by atoms with Crippen LogP contribution >= 0.6 is 0 Å². The van der Waals surface area contributed by atoms with E-state index in [1.54, 1.807) is 0 Å². The number of halogens is 6. The fourth-order valence-electron chi connectivity index (χ4n) is 0. The fraction of sp³-hybridized carbons (Fsp3) is 0. The second-order valence-corrected chi connectivity index (χ2v) is 9.00. The van der Waals surface area contributed by atoms with Gasteiger partial charge in [-0.25, -0.2) is 0 Å². The van der Waals surface area contributed by atoms with Crippen molar-refractivity contribution >= 4 is 126 Å². The van der Waals surface area contributed by atoms with Crippen molar-refractivity contribution < 1.29 is 189 Å². The third kappa shape index (κ3) is 1720. The van der Waals surface area contributed by atoms with E-state index in [1.807, 2.05) is 0 Å². The molecule has 0 aliphatic carbocycles. The maximum absolute atomic E-state index is 8.60. The Bertz CT molecular complexity index is 296. The van der Waals surface area contributed by atoms with Crippen LogP contribution in [0.5, 0.6) is 0 Å². The van der Waals surface area contributed by atoms with Crippen molar-refractivity contribution in [3.8, 4) is 0 Å². The molecule has 0 N–H and O–H groups in total. The molecule has 6 radical (unpaired) electrons. The summed E-state index contributed by atoms with van der Waals surface area (Å²) in [4.78, 5) is 0. The second-order valence-electron chi connectivity index (χ2n) is 1.34. The molecule has 234 valence electrons. The van der Waals surface area contributed by atoms with E-state index in [4.69, 9.17) is 58.7 Å². The quantitative estimate of drug-likeness (QED) is 0.161. The summed E-state index contributed by atoms with van der Waals surface area (Å²) in [5.41, 5.74) is 0. The van der Waals surface area contributed by atoms with Crippen molar-refractivity contribution in [1.82, 2.24) is 0 Å². The predicted octanol–water partition coefficient (Wildman–Crippen LogP) is -16.4. The van der Waals surface area contributed by atoms with Crippen LogP contribution in [0.15, 0.2) is 0 Å². The van der Waals surface area contributed by atoms with E-state index in [0.29, 0.717) is 0 Å². The van der Waals surface area contributed by atoms with Gasteiger partial charge in [-0.15, -0.1) is 0 Å². The first-order chi connectivity index (χ1) is 10.4. The molecular formula is H6F6Fe6O18Sb6. The predicted molar refractivity (Wildman–Crippen MR) is 53.7 cm³/mol. The van der Waals surface area contributed by atoms with Crippen LogP contribution in [0.3, 0.4) is 0 Å². The molecular weight excluding hydrogens is 1470 g/mol. The SMILES string of the molecule is F.F.F.F.F.F.[Fe+2].[Fe+2].[Fe+2].[Fe+2].[Fe+2].[Fe+2].[O]=[Sb]([O-])[O-].[O]=[Sb]([O-])[O-].[O]=[Sb]([O-])[O-].[O]=[Sb]([O-])[O-].[O]=[Sb]([O-])[O-].[O]=[Sb]([O-])[O-]. The molecule has 18 nitrogen and oxygen atoms in total. The molecule has 0 saturated heterocycles. The molecule has 0 bridgehead atoms. The minimum atomic E-state index is -4.20. The average Bonchev–Trinajstić information content (AvgIpc) is 2.08. The number of hydrogen-bond donors (Lipinski definition) is 0. The van der Waals surface area contributed by atoms with Crippen LogP contribution in [-0.4, -0.2) is 126 Å². The Labute approximate surface area is 309 Å². The molecule has 0 aliphatic heterocycles. The normalized spacial score (nSPS) is 4.33. The van der Waals surface area contributed by atoms with Gasteiger partial charge in [0.25, 0.3) is 0 Å². The first-order valence-electron chi connectivity index (χ1n) is 3.29. The molecule has 0 fully saturated rings. The third-order valence-electron chi connectivity index (χ3n) is 0. The molecule has 0 aromatic rings. The van der Waals surface area contributed by atoms with E-state index in [0.717, 1.165) is 0 Å². The second kappa shape index (κ2) is 114. The Balaban J connectivity index is -0.00000000633. The van der Waals surface area contributed by atoms with Gasteiger partial charge in [0.2, 0.25) is 0 Å². The van der Waals surface area contributed by atoms with E-state index >= 15 is 0 Å². The van der Waals surface area contributed by atoms with Gasteiger partial charge in [0.05, 0.1) is 0 Å². The third-order valence-corrected chi connectivity index (χ3v) is 0. The summed E-state index contributed by atoms with van der Waals surface area (Å²) >= 11 is -25.2. The zero-order valence-electron chi connectivity index (χ0n) is 14.6. The summed E-state index contributed by atoms with van der Waals surface area (Å²) in [6.07, 6.45) is 0. The molecule has 0 spiro atoms. The van der Waals surface area contributed by atoms with Gasteiger partial charge >= 0.3 is 287 Å². The minimum absolute atomic E-state index is 0. The van der Waals surface area contributed by atoms with Gasteiger partial charge < -0.3 is 0 Å². The Morgan fingerprint density at radius 3 is 0.222 bits per heavy atom. The Morgan fingerprint density at radius 1 is 0.222 bits per heavy atom. The molecule has 0 unspecified atom stereocenters. The topological polar surface area (TPSA) is 379 Å². The van der Waals surface area contributed by atoms with Gasteiger partial charge in [0, 0.05) is 0 Å². The van der Waals surface area contributed by atoms with Crippen molar-refractivity contribution in [2.75, 3.05) is 0 Å². The van der Waals surface area contributed by atoms with Crippen molar-refractivity contribution in [3.63, 3.8) is 0 Å². The zero-order valence-corrected chi connectivity index (χ0v) is 36.5. The number of hydrogen-bond acceptors (Lipinski definition) is 18. The Kier molecular flexibility index (Phi) is 388. The van der Waals surface area contributed by atoms with Crippen LogP contribution in [-0.2, 0) is 121 Å². The van der Waals surface area contributed by atoms with E-state index in [-0.39, 0.29) is 131 Å². The molecule has 36 heteroatoms. The summed E-state index contributed by atoms with van der Waals surface area (Å²) in [6.45, 7) is 0. The maximum atomic E-state index is 8.60. The van der Waals surface area contributed by atoms with E-state index in [2.05, 4.69) is 0 Å². The molecule has 0 heterocycles. The van der Waals surface area contributed by atoms with E-state index in [9.17, 15) is 0 Å². The van der Waals surface area contributed by atoms with Crippen molar-refractivity contribution in [3.05, 3.63) is 0 Å².